The van der Waals surface area contributed by atoms with E-state index in [1.807, 2.05) is 24.3 Å². The fourth-order valence-corrected chi connectivity index (χ4v) is 6.14. The molecule has 0 bridgehead atoms. The van der Waals surface area contributed by atoms with Gasteiger partial charge in [-0.05, 0) is 98.8 Å². The van der Waals surface area contributed by atoms with E-state index in [0.717, 1.165) is 31.2 Å². The molecule has 2 saturated heterocycles. The van der Waals surface area contributed by atoms with E-state index in [2.05, 4.69) is 76.8 Å². The molecule has 0 radical (unpaired) electrons. The first-order chi connectivity index (χ1) is 14.6. The average molecular weight is 445 g/mol. The van der Waals surface area contributed by atoms with Crippen molar-refractivity contribution in [3.63, 3.8) is 0 Å². The maximum atomic E-state index is 13.0. The van der Waals surface area contributed by atoms with Crippen LogP contribution in [0.5, 0.6) is 0 Å². The Kier molecular flexibility index (Phi) is 7.12. The van der Waals surface area contributed by atoms with Crippen molar-refractivity contribution in [2.45, 2.75) is 122 Å². The van der Waals surface area contributed by atoms with Crippen molar-refractivity contribution in [1.82, 2.24) is 21.4 Å². The molecule has 0 unspecified atom stereocenters. The highest BCUT2D eigenvalue weighted by Crippen LogP contribution is 2.29. The van der Waals surface area contributed by atoms with E-state index in [9.17, 15) is 4.79 Å². The first-order valence-corrected chi connectivity index (χ1v) is 12.0. The smallest absolute Gasteiger partial charge is 0.251 e. The van der Waals surface area contributed by atoms with Crippen molar-refractivity contribution in [3.8, 4) is 0 Å². The van der Waals surface area contributed by atoms with Crippen LogP contribution in [0.4, 0.5) is 0 Å². The fraction of sp³-hybridized carbons (Fsp3) is 0.731. The van der Waals surface area contributed by atoms with Crippen LogP contribution in [0.1, 0.15) is 97.0 Å². The zero-order valence-corrected chi connectivity index (χ0v) is 21.3. The lowest BCUT2D eigenvalue weighted by atomic mass is 9.79. The molecule has 0 aliphatic carbocycles. The number of hydrogen-bond acceptors (Lipinski definition) is 5. The third kappa shape index (κ3) is 7.27. The second-order valence-electron chi connectivity index (χ2n) is 12.6. The lowest BCUT2D eigenvalue weighted by Gasteiger charge is -2.46. The largest absolute Gasteiger partial charge is 0.349 e. The minimum absolute atomic E-state index is 0.00117. The number of amides is 1. The second kappa shape index (κ2) is 9.05. The number of nitrogens with one attached hydrogen (secondary N) is 4. The minimum Gasteiger partial charge on any atom is -0.349 e. The number of carbonyl (C=O) groups excluding carboxylic acids is 1. The summed E-state index contributed by atoms with van der Waals surface area (Å²) in [6, 6.07) is 8.19. The van der Waals surface area contributed by atoms with Gasteiger partial charge in [0.15, 0.2) is 0 Å². The maximum Gasteiger partial charge on any atom is 0.251 e. The number of rotatable bonds is 6. The molecule has 6 nitrogen and oxygen atoms in total. The van der Waals surface area contributed by atoms with Crippen LogP contribution in [-0.2, 0) is 11.4 Å². The molecule has 0 aromatic heterocycles. The summed E-state index contributed by atoms with van der Waals surface area (Å²) in [6.07, 6.45) is 3.83. The van der Waals surface area contributed by atoms with E-state index in [1.165, 1.54) is 0 Å². The Bertz CT molecular complexity index is 784. The van der Waals surface area contributed by atoms with Gasteiger partial charge in [0.05, 0.1) is 6.61 Å². The van der Waals surface area contributed by atoms with Gasteiger partial charge in [0.2, 0.25) is 0 Å². The Hall–Kier alpha value is -1.47. The third-order valence-corrected chi connectivity index (χ3v) is 6.39. The summed E-state index contributed by atoms with van der Waals surface area (Å²) >= 11 is 0. The molecular formula is C26H44N4O2. The number of piperidine rings is 2. The van der Waals surface area contributed by atoms with Gasteiger partial charge in [0.25, 0.3) is 5.91 Å². The molecule has 1 aromatic carbocycles. The Morgan fingerprint density at radius 3 is 1.91 bits per heavy atom. The SMILES string of the molecule is CC1(C)CC(NOCc2cccc(C(=O)NC3CC(C)(C)NC(C)(C)C3)c2)CC(C)(C)N1. The van der Waals surface area contributed by atoms with E-state index in [4.69, 9.17) is 4.84 Å². The molecule has 0 atom stereocenters. The van der Waals surface area contributed by atoms with Crippen LogP contribution in [-0.4, -0.2) is 40.1 Å². The van der Waals surface area contributed by atoms with Crippen molar-refractivity contribution in [1.29, 1.82) is 0 Å². The molecule has 6 heteroatoms. The Morgan fingerprint density at radius 1 is 0.875 bits per heavy atom. The van der Waals surface area contributed by atoms with Crippen molar-refractivity contribution < 1.29 is 9.63 Å². The summed E-state index contributed by atoms with van der Waals surface area (Å²) in [5, 5.41) is 10.6. The van der Waals surface area contributed by atoms with Gasteiger partial charge >= 0.3 is 0 Å². The second-order valence-corrected chi connectivity index (χ2v) is 12.6. The summed E-state index contributed by atoms with van der Waals surface area (Å²) in [5.41, 5.74) is 5.07. The molecule has 3 rings (SSSR count). The molecule has 2 fully saturated rings. The lowest BCUT2D eigenvalue weighted by molar-refractivity contribution is -0.0246. The number of hydrogen-bond donors (Lipinski definition) is 4. The van der Waals surface area contributed by atoms with Gasteiger partial charge in [-0.25, -0.2) is 0 Å². The Balaban J connectivity index is 1.54. The number of carbonyl (C=O) groups is 1. The van der Waals surface area contributed by atoms with E-state index in [1.54, 1.807) is 0 Å². The molecule has 2 aliphatic heterocycles. The molecular weight excluding hydrogens is 400 g/mol. The van der Waals surface area contributed by atoms with Gasteiger partial charge in [-0.1, -0.05) is 12.1 Å². The Labute approximate surface area is 194 Å². The van der Waals surface area contributed by atoms with Crippen molar-refractivity contribution in [2.24, 2.45) is 0 Å². The van der Waals surface area contributed by atoms with Crippen LogP contribution in [0.2, 0.25) is 0 Å². The highest BCUT2D eigenvalue weighted by atomic mass is 16.6. The van der Waals surface area contributed by atoms with Crippen LogP contribution < -0.4 is 21.4 Å². The predicted octanol–water partition coefficient (Wildman–Crippen LogP) is 4.06. The van der Waals surface area contributed by atoms with Gasteiger partial charge in [-0.3, -0.25) is 9.63 Å². The van der Waals surface area contributed by atoms with E-state index < -0.39 is 0 Å². The maximum absolute atomic E-state index is 13.0. The van der Waals surface area contributed by atoms with E-state index in [0.29, 0.717) is 18.2 Å². The van der Waals surface area contributed by atoms with Gasteiger partial charge in [-0.15, -0.1) is 0 Å². The van der Waals surface area contributed by atoms with Crippen molar-refractivity contribution in [3.05, 3.63) is 35.4 Å². The van der Waals surface area contributed by atoms with Gasteiger partial charge in [-0.2, -0.15) is 5.48 Å². The van der Waals surface area contributed by atoms with Gasteiger partial charge in [0, 0.05) is 39.8 Å². The zero-order chi connectivity index (χ0) is 23.8. The number of hydroxylamine groups is 1. The highest BCUT2D eigenvalue weighted by molar-refractivity contribution is 5.94. The summed E-state index contributed by atoms with van der Waals surface area (Å²) in [7, 11) is 0. The molecule has 4 N–H and O–H groups in total. The lowest BCUT2D eigenvalue weighted by Crippen LogP contribution is -2.62. The quantitative estimate of drug-likeness (QED) is 0.498. The summed E-state index contributed by atoms with van der Waals surface area (Å²) in [4.78, 5) is 18.8. The standard InChI is InChI=1S/C26H44N4O2/c1-23(2)13-20(14-24(3,4)29-23)27-22(31)19-11-9-10-18(12-19)17-32-28-21-15-25(5,6)30-26(7,8)16-21/h9-12,20-21,28-30H,13-17H2,1-8H3,(H,27,31). The number of benzene rings is 1. The molecule has 180 valence electrons. The minimum atomic E-state index is -0.0137. The average Bonchev–Trinajstić information content (AvgIpc) is 2.56. The molecule has 0 saturated carbocycles. The molecule has 0 spiro atoms. The molecule has 2 heterocycles. The molecule has 2 aliphatic rings. The topological polar surface area (TPSA) is 74.4 Å². The molecule has 1 amide bonds. The Morgan fingerprint density at radius 2 is 1.38 bits per heavy atom. The van der Waals surface area contributed by atoms with Gasteiger partial charge in [0.1, 0.15) is 0 Å². The predicted molar refractivity (Wildman–Crippen MR) is 130 cm³/mol. The van der Waals surface area contributed by atoms with E-state index >= 15 is 0 Å². The highest BCUT2D eigenvalue weighted by Gasteiger charge is 2.39. The fourth-order valence-electron chi connectivity index (χ4n) is 6.14. The summed E-state index contributed by atoms with van der Waals surface area (Å²) < 4.78 is 0. The molecule has 1 aromatic rings. The van der Waals surface area contributed by atoms with Crippen LogP contribution >= 0.6 is 0 Å². The van der Waals surface area contributed by atoms with Crippen LogP contribution in [0.15, 0.2) is 24.3 Å². The zero-order valence-electron chi connectivity index (χ0n) is 21.3. The van der Waals surface area contributed by atoms with Crippen molar-refractivity contribution >= 4 is 5.91 Å². The summed E-state index contributed by atoms with van der Waals surface area (Å²) in [6.45, 7) is 18.1. The van der Waals surface area contributed by atoms with E-state index in [-0.39, 0.29) is 34.1 Å². The van der Waals surface area contributed by atoms with Crippen LogP contribution in [0, 0.1) is 0 Å². The monoisotopic (exact) mass is 444 g/mol. The van der Waals surface area contributed by atoms with Gasteiger partial charge < -0.3 is 16.0 Å². The first kappa shape index (κ1) is 25.2. The first-order valence-electron chi connectivity index (χ1n) is 12.0. The van der Waals surface area contributed by atoms with Crippen LogP contribution in [0.3, 0.4) is 0 Å². The summed E-state index contributed by atoms with van der Waals surface area (Å²) in [5.74, 6) is -0.0137. The third-order valence-electron chi connectivity index (χ3n) is 6.39. The normalized spacial score (nSPS) is 24.8. The van der Waals surface area contributed by atoms with Crippen molar-refractivity contribution in [2.75, 3.05) is 0 Å². The van der Waals surface area contributed by atoms with Crippen LogP contribution in [0.25, 0.3) is 0 Å². The molecule has 32 heavy (non-hydrogen) atoms.